The predicted octanol–water partition coefficient (Wildman–Crippen LogP) is 6.78. The van der Waals surface area contributed by atoms with Crippen LogP contribution in [0.3, 0.4) is 0 Å². The number of carbonyl (C=O) groups excluding carboxylic acids is 1. The lowest BCUT2D eigenvalue weighted by molar-refractivity contribution is -0.384. The Kier molecular flexibility index (Phi) is 7.66. The number of non-ortho nitro benzene ring substituents is 1. The standard InChI is InChI=1S/C27H24NO7P/c1-20(27(29)33-18-21-8-3-2-4-9-21)19-36(32,34-24-16-14-23(15-17-24)28(30)31)35-26-13-7-11-22-10-5-6-12-25(22)26/h2-17,20H,18-19H2,1H3/t20-,36?/m1/s1. The van der Waals surface area contributed by atoms with Gasteiger partial charge in [-0.15, -0.1) is 0 Å². The second-order valence-electron chi connectivity index (χ2n) is 8.20. The molecule has 4 aromatic carbocycles. The van der Waals surface area contributed by atoms with E-state index in [0.717, 1.165) is 16.3 Å². The van der Waals surface area contributed by atoms with Crippen LogP contribution in [-0.4, -0.2) is 17.1 Å². The molecule has 1 unspecified atom stereocenters. The molecule has 0 heterocycles. The molecule has 0 saturated heterocycles. The molecule has 0 amide bonds. The smallest absolute Gasteiger partial charge is 0.431 e. The molecule has 0 aliphatic rings. The SMILES string of the molecule is C[C@H](CP(=O)(Oc1ccc([N+](=O)[O-])cc1)Oc1cccc2ccccc12)C(=O)OCc1ccccc1. The van der Waals surface area contributed by atoms with Gasteiger partial charge in [-0.25, -0.2) is 4.57 Å². The molecule has 0 fully saturated rings. The van der Waals surface area contributed by atoms with Crippen LogP contribution < -0.4 is 9.05 Å². The first kappa shape index (κ1) is 24.9. The summed E-state index contributed by atoms with van der Waals surface area (Å²) >= 11 is 0. The predicted molar refractivity (Wildman–Crippen MR) is 136 cm³/mol. The third kappa shape index (κ3) is 6.29. The molecule has 0 saturated carbocycles. The van der Waals surface area contributed by atoms with Crippen molar-refractivity contribution in [2.75, 3.05) is 6.16 Å². The van der Waals surface area contributed by atoms with Crippen LogP contribution in [0.5, 0.6) is 11.5 Å². The molecule has 9 heteroatoms. The fourth-order valence-electron chi connectivity index (χ4n) is 3.59. The molecule has 0 aliphatic heterocycles. The van der Waals surface area contributed by atoms with Gasteiger partial charge in [-0.2, -0.15) is 0 Å². The van der Waals surface area contributed by atoms with E-state index in [0.29, 0.717) is 5.75 Å². The van der Waals surface area contributed by atoms with Crippen LogP contribution >= 0.6 is 7.60 Å². The number of esters is 1. The van der Waals surface area contributed by atoms with Crippen LogP contribution in [-0.2, 0) is 20.7 Å². The minimum atomic E-state index is -3.98. The van der Waals surface area contributed by atoms with Crippen molar-refractivity contribution in [3.8, 4) is 11.5 Å². The first-order valence-corrected chi connectivity index (χ1v) is 13.0. The van der Waals surface area contributed by atoms with E-state index in [1.165, 1.54) is 24.3 Å². The Hall–Kier alpha value is -4.16. The molecule has 0 N–H and O–H groups in total. The van der Waals surface area contributed by atoms with Gasteiger partial charge in [0.15, 0.2) is 0 Å². The first-order chi connectivity index (χ1) is 17.3. The summed E-state index contributed by atoms with van der Waals surface area (Å²) in [7, 11) is -3.98. The number of ether oxygens (including phenoxy) is 1. The van der Waals surface area contributed by atoms with E-state index in [2.05, 4.69) is 0 Å². The number of nitrogens with zero attached hydrogens (tertiary/aromatic N) is 1. The average molecular weight is 505 g/mol. The van der Waals surface area contributed by atoms with E-state index in [1.807, 2.05) is 60.7 Å². The van der Waals surface area contributed by atoms with Crippen molar-refractivity contribution in [1.29, 1.82) is 0 Å². The van der Waals surface area contributed by atoms with Crippen molar-refractivity contribution < 1.29 is 28.1 Å². The van der Waals surface area contributed by atoms with E-state index >= 15 is 0 Å². The van der Waals surface area contributed by atoms with Crippen LogP contribution in [0.4, 0.5) is 5.69 Å². The molecular formula is C27H24NO7P. The van der Waals surface area contributed by atoms with Crippen molar-refractivity contribution in [1.82, 2.24) is 0 Å². The molecule has 8 nitrogen and oxygen atoms in total. The highest BCUT2D eigenvalue weighted by atomic mass is 31.2. The summed E-state index contributed by atoms with van der Waals surface area (Å²) in [6.07, 6.45) is -0.263. The number of benzene rings is 4. The maximum atomic E-state index is 14.0. The maximum Gasteiger partial charge on any atom is 0.431 e. The van der Waals surface area contributed by atoms with Crippen molar-refractivity contribution in [3.63, 3.8) is 0 Å². The Morgan fingerprint density at radius 1 is 0.889 bits per heavy atom. The normalized spacial score (nSPS) is 13.4. The first-order valence-electron chi connectivity index (χ1n) is 11.2. The van der Waals surface area contributed by atoms with Crippen LogP contribution in [0.25, 0.3) is 10.8 Å². The highest BCUT2D eigenvalue weighted by molar-refractivity contribution is 7.54. The van der Waals surface area contributed by atoms with Gasteiger partial charge in [0.05, 0.1) is 17.0 Å². The zero-order chi connectivity index (χ0) is 25.5. The molecule has 2 atom stereocenters. The van der Waals surface area contributed by atoms with Gasteiger partial charge in [-0.3, -0.25) is 14.9 Å². The number of hydrogen-bond acceptors (Lipinski definition) is 7. The fraction of sp³-hybridized carbons (Fsp3) is 0.148. The molecule has 4 aromatic rings. The molecular weight excluding hydrogens is 481 g/mol. The monoisotopic (exact) mass is 505 g/mol. The second-order valence-corrected chi connectivity index (χ2v) is 10.2. The minimum absolute atomic E-state index is 0.0850. The number of nitro benzene ring substituents is 1. The minimum Gasteiger partial charge on any atom is -0.461 e. The Balaban J connectivity index is 1.57. The molecule has 0 aromatic heterocycles. The Morgan fingerprint density at radius 2 is 1.56 bits per heavy atom. The number of fused-ring (bicyclic) bond motifs is 1. The quantitative estimate of drug-likeness (QED) is 0.101. The van der Waals surface area contributed by atoms with E-state index in [1.54, 1.807) is 19.1 Å². The van der Waals surface area contributed by atoms with E-state index < -0.39 is 24.4 Å². The van der Waals surface area contributed by atoms with Gasteiger partial charge < -0.3 is 13.8 Å². The Morgan fingerprint density at radius 3 is 2.28 bits per heavy atom. The molecule has 0 bridgehead atoms. The number of hydrogen-bond donors (Lipinski definition) is 0. The van der Waals surface area contributed by atoms with Crippen molar-refractivity contribution in [3.05, 3.63) is 113 Å². The second kappa shape index (κ2) is 11.1. The molecule has 4 rings (SSSR count). The van der Waals surface area contributed by atoms with Crippen LogP contribution in [0.15, 0.2) is 97.1 Å². The zero-order valence-corrected chi connectivity index (χ0v) is 20.4. The number of carbonyl (C=O) groups is 1. The average Bonchev–Trinajstić information content (AvgIpc) is 2.88. The van der Waals surface area contributed by atoms with E-state index in [-0.39, 0.29) is 24.2 Å². The number of nitro groups is 1. The maximum absolute atomic E-state index is 14.0. The number of rotatable bonds is 10. The highest BCUT2D eigenvalue weighted by Crippen LogP contribution is 2.51. The lowest BCUT2D eigenvalue weighted by Crippen LogP contribution is -2.21. The summed E-state index contributed by atoms with van der Waals surface area (Å²) in [5.74, 6) is -0.905. The van der Waals surface area contributed by atoms with Crippen LogP contribution in [0, 0.1) is 16.0 Å². The Labute approximate surface area is 208 Å². The summed E-state index contributed by atoms with van der Waals surface area (Å²) in [5.41, 5.74) is 0.695. The molecule has 184 valence electrons. The molecule has 0 radical (unpaired) electrons. The van der Waals surface area contributed by atoms with Crippen LogP contribution in [0.2, 0.25) is 0 Å². The molecule has 0 spiro atoms. The van der Waals surface area contributed by atoms with Gasteiger partial charge in [-0.1, -0.05) is 73.7 Å². The largest absolute Gasteiger partial charge is 0.461 e. The summed E-state index contributed by atoms with van der Waals surface area (Å²) < 4.78 is 31.2. The lowest BCUT2D eigenvalue weighted by Gasteiger charge is -2.23. The van der Waals surface area contributed by atoms with Gasteiger partial charge in [0.1, 0.15) is 18.1 Å². The van der Waals surface area contributed by atoms with Crippen LogP contribution in [0.1, 0.15) is 12.5 Å². The van der Waals surface area contributed by atoms with Gasteiger partial charge >= 0.3 is 13.6 Å². The van der Waals surface area contributed by atoms with E-state index in [4.69, 9.17) is 13.8 Å². The van der Waals surface area contributed by atoms with Crippen molar-refractivity contribution in [2.24, 2.45) is 5.92 Å². The van der Waals surface area contributed by atoms with Gasteiger partial charge in [0, 0.05) is 17.5 Å². The van der Waals surface area contributed by atoms with Gasteiger partial charge in [0.2, 0.25) is 0 Å². The van der Waals surface area contributed by atoms with Crippen molar-refractivity contribution >= 4 is 30.0 Å². The fourth-order valence-corrected chi connectivity index (χ4v) is 5.50. The topological polar surface area (TPSA) is 105 Å². The van der Waals surface area contributed by atoms with Gasteiger partial charge in [-0.05, 0) is 29.1 Å². The summed E-state index contributed by atoms with van der Waals surface area (Å²) in [5, 5.41) is 12.6. The lowest BCUT2D eigenvalue weighted by atomic mass is 10.1. The third-order valence-corrected chi connectivity index (χ3v) is 7.36. The highest BCUT2D eigenvalue weighted by Gasteiger charge is 2.35. The molecule has 0 aliphatic carbocycles. The van der Waals surface area contributed by atoms with Crippen molar-refractivity contribution in [2.45, 2.75) is 13.5 Å². The Bertz CT molecular complexity index is 1400. The zero-order valence-electron chi connectivity index (χ0n) is 19.5. The van der Waals surface area contributed by atoms with Gasteiger partial charge in [0.25, 0.3) is 5.69 Å². The molecule has 36 heavy (non-hydrogen) atoms. The third-order valence-electron chi connectivity index (χ3n) is 5.40. The summed E-state index contributed by atoms with van der Waals surface area (Å²) in [6.45, 7) is 1.67. The summed E-state index contributed by atoms with van der Waals surface area (Å²) in [6, 6.07) is 27.2. The summed E-state index contributed by atoms with van der Waals surface area (Å²) in [4.78, 5) is 23.1. The van der Waals surface area contributed by atoms with E-state index in [9.17, 15) is 19.5 Å².